The molecule has 4 rings (SSSR count). The van der Waals surface area contributed by atoms with E-state index < -0.39 is 23.4 Å². The molecular formula is C23H20F3NO3. The van der Waals surface area contributed by atoms with Crippen LogP contribution in [0.1, 0.15) is 28.5 Å². The number of hydrogen-bond donors (Lipinski definition) is 0. The van der Waals surface area contributed by atoms with Crippen molar-refractivity contribution < 1.29 is 22.3 Å². The van der Waals surface area contributed by atoms with Crippen LogP contribution in [0.25, 0.3) is 0 Å². The highest BCUT2D eigenvalue weighted by molar-refractivity contribution is 5.30. The number of benzene rings is 2. The monoisotopic (exact) mass is 415 g/mol. The summed E-state index contributed by atoms with van der Waals surface area (Å²) in [7, 11) is 0. The van der Waals surface area contributed by atoms with Gasteiger partial charge in [-0.2, -0.15) is 13.2 Å². The second kappa shape index (κ2) is 8.36. The largest absolute Gasteiger partial charge is 0.482 e. The van der Waals surface area contributed by atoms with Crippen LogP contribution in [0, 0.1) is 0 Å². The lowest BCUT2D eigenvalue weighted by Crippen LogP contribution is -2.41. The summed E-state index contributed by atoms with van der Waals surface area (Å²) in [6, 6.07) is 15.5. The Labute approximate surface area is 171 Å². The van der Waals surface area contributed by atoms with E-state index >= 15 is 0 Å². The van der Waals surface area contributed by atoms with Gasteiger partial charge in [0.15, 0.2) is 6.04 Å². The summed E-state index contributed by atoms with van der Waals surface area (Å²) in [5.74, 6) is -0.550. The predicted octanol–water partition coefficient (Wildman–Crippen LogP) is 4.88. The van der Waals surface area contributed by atoms with Gasteiger partial charge in [-0.1, -0.05) is 54.6 Å². The molecule has 0 aliphatic carbocycles. The number of fused-ring (bicyclic) bond motifs is 1. The molecule has 0 radical (unpaired) electrons. The van der Waals surface area contributed by atoms with Crippen LogP contribution in [0.2, 0.25) is 0 Å². The zero-order chi connectivity index (χ0) is 21.1. The molecular weight excluding hydrogens is 395 g/mol. The van der Waals surface area contributed by atoms with Crippen molar-refractivity contribution in [1.82, 2.24) is 4.90 Å². The van der Waals surface area contributed by atoms with E-state index in [4.69, 9.17) is 9.15 Å². The van der Waals surface area contributed by atoms with Gasteiger partial charge in [-0.3, -0.25) is 9.69 Å². The lowest BCUT2D eigenvalue weighted by atomic mass is 9.98. The average Bonchev–Trinajstić information content (AvgIpc) is 2.73. The molecule has 0 saturated carbocycles. The maximum atomic E-state index is 13.9. The second-order valence-electron chi connectivity index (χ2n) is 7.22. The normalized spacial score (nSPS) is 15.4. The lowest BCUT2D eigenvalue weighted by molar-refractivity contribution is -0.193. The van der Waals surface area contributed by atoms with Crippen molar-refractivity contribution >= 4 is 0 Å². The fourth-order valence-electron chi connectivity index (χ4n) is 3.68. The quantitative estimate of drug-likeness (QED) is 0.596. The minimum absolute atomic E-state index is 0.118. The van der Waals surface area contributed by atoms with E-state index in [-0.39, 0.29) is 25.4 Å². The van der Waals surface area contributed by atoms with Crippen molar-refractivity contribution in [2.45, 2.75) is 31.8 Å². The van der Waals surface area contributed by atoms with Crippen LogP contribution in [0.4, 0.5) is 13.2 Å². The van der Waals surface area contributed by atoms with Gasteiger partial charge in [-0.15, -0.1) is 0 Å². The SMILES string of the molecule is O=c1cc(C(N2CCc3ccccc3C2)C(F)(F)F)occ1OCc1ccccc1. The Bertz CT molecular complexity index is 1060. The zero-order valence-electron chi connectivity index (χ0n) is 16.1. The highest BCUT2D eigenvalue weighted by atomic mass is 19.4. The Kier molecular flexibility index (Phi) is 5.63. The molecule has 0 spiro atoms. The molecule has 0 saturated heterocycles. The van der Waals surface area contributed by atoms with E-state index in [0.717, 1.165) is 29.0 Å². The van der Waals surface area contributed by atoms with E-state index in [1.807, 2.05) is 54.6 Å². The number of alkyl halides is 3. The number of hydrogen-bond acceptors (Lipinski definition) is 4. The topological polar surface area (TPSA) is 42.7 Å². The van der Waals surface area contributed by atoms with Crippen molar-refractivity contribution in [3.05, 3.63) is 99.6 Å². The lowest BCUT2D eigenvalue weighted by Gasteiger charge is -2.35. The van der Waals surface area contributed by atoms with Crippen molar-refractivity contribution in [3.8, 4) is 5.75 Å². The molecule has 7 heteroatoms. The molecule has 156 valence electrons. The fourth-order valence-corrected chi connectivity index (χ4v) is 3.68. The summed E-state index contributed by atoms with van der Waals surface area (Å²) in [5.41, 5.74) is 2.09. The molecule has 0 bridgehead atoms. The first-order valence-corrected chi connectivity index (χ1v) is 9.59. The Balaban J connectivity index is 1.56. The smallest absolute Gasteiger partial charge is 0.411 e. The number of halogens is 3. The van der Waals surface area contributed by atoms with E-state index in [9.17, 15) is 18.0 Å². The van der Waals surface area contributed by atoms with E-state index in [0.29, 0.717) is 6.42 Å². The molecule has 3 aromatic rings. The third-order valence-electron chi connectivity index (χ3n) is 5.16. The summed E-state index contributed by atoms with van der Waals surface area (Å²) in [6.45, 7) is 0.476. The minimum Gasteiger partial charge on any atom is -0.482 e. The molecule has 0 fully saturated rings. The zero-order valence-corrected chi connectivity index (χ0v) is 16.1. The maximum Gasteiger partial charge on any atom is 0.411 e. The summed E-state index contributed by atoms with van der Waals surface area (Å²) in [6.07, 6.45) is -3.11. The van der Waals surface area contributed by atoms with Crippen LogP contribution in [-0.2, 0) is 19.6 Å². The van der Waals surface area contributed by atoms with Gasteiger partial charge in [0.05, 0.1) is 0 Å². The van der Waals surface area contributed by atoms with Crippen LogP contribution in [0.5, 0.6) is 5.75 Å². The second-order valence-corrected chi connectivity index (χ2v) is 7.22. The van der Waals surface area contributed by atoms with E-state index in [1.165, 1.54) is 4.90 Å². The van der Waals surface area contributed by atoms with Gasteiger partial charge in [0.2, 0.25) is 11.2 Å². The highest BCUT2D eigenvalue weighted by Crippen LogP contribution is 2.40. The van der Waals surface area contributed by atoms with Crippen LogP contribution < -0.4 is 10.2 Å². The fraction of sp³-hybridized carbons (Fsp3) is 0.261. The van der Waals surface area contributed by atoms with Crippen LogP contribution in [0.15, 0.2) is 76.1 Å². The molecule has 2 heterocycles. The first-order valence-electron chi connectivity index (χ1n) is 9.59. The number of rotatable bonds is 5. The third-order valence-corrected chi connectivity index (χ3v) is 5.16. The summed E-state index contributed by atoms with van der Waals surface area (Å²) in [5, 5.41) is 0. The first kappa shape index (κ1) is 20.2. The Morgan fingerprint density at radius 2 is 1.73 bits per heavy atom. The van der Waals surface area contributed by atoms with E-state index in [1.54, 1.807) is 0 Å². The van der Waals surface area contributed by atoms with Crippen LogP contribution in [-0.4, -0.2) is 17.6 Å². The Morgan fingerprint density at radius 3 is 2.43 bits per heavy atom. The van der Waals surface area contributed by atoms with Gasteiger partial charge in [-0.25, -0.2) is 0 Å². The molecule has 1 atom stereocenters. The standard InChI is InChI=1S/C23H20F3NO3/c24-23(25,26)22(27-11-10-17-8-4-5-9-18(17)13-27)20-12-19(28)21(15-30-20)29-14-16-6-2-1-3-7-16/h1-9,12,15,22H,10-11,13-14H2. The maximum absolute atomic E-state index is 13.9. The van der Waals surface area contributed by atoms with Crippen molar-refractivity contribution in [1.29, 1.82) is 0 Å². The summed E-state index contributed by atoms with van der Waals surface area (Å²) in [4.78, 5) is 13.7. The van der Waals surface area contributed by atoms with Crippen molar-refractivity contribution in [3.63, 3.8) is 0 Å². The Hall–Kier alpha value is -3.06. The van der Waals surface area contributed by atoms with Gasteiger partial charge in [-0.05, 0) is 23.1 Å². The van der Waals surface area contributed by atoms with Crippen molar-refractivity contribution in [2.75, 3.05) is 6.54 Å². The molecule has 0 N–H and O–H groups in total. The highest BCUT2D eigenvalue weighted by Gasteiger charge is 2.47. The first-order chi connectivity index (χ1) is 14.4. The molecule has 0 amide bonds. The molecule has 1 unspecified atom stereocenters. The molecule has 1 aliphatic heterocycles. The van der Waals surface area contributed by atoms with E-state index in [2.05, 4.69) is 0 Å². The Morgan fingerprint density at radius 1 is 1.03 bits per heavy atom. The van der Waals surface area contributed by atoms with Gasteiger partial charge >= 0.3 is 6.18 Å². The molecule has 2 aromatic carbocycles. The molecule has 4 nitrogen and oxygen atoms in total. The average molecular weight is 415 g/mol. The van der Waals surface area contributed by atoms with Gasteiger partial charge in [0.25, 0.3) is 0 Å². The van der Waals surface area contributed by atoms with Gasteiger partial charge < -0.3 is 9.15 Å². The van der Waals surface area contributed by atoms with Gasteiger partial charge in [0.1, 0.15) is 18.6 Å². The number of ether oxygens (including phenoxy) is 1. The van der Waals surface area contributed by atoms with Crippen molar-refractivity contribution in [2.24, 2.45) is 0 Å². The van der Waals surface area contributed by atoms with Crippen LogP contribution >= 0.6 is 0 Å². The number of nitrogens with zero attached hydrogens (tertiary/aromatic N) is 1. The summed E-state index contributed by atoms with van der Waals surface area (Å²) < 4.78 is 52.5. The van der Waals surface area contributed by atoms with Crippen LogP contribution in [0.3, 0.4) is 0 Å². The molecule has 30 heavy (non-hydrogen) atoms. The summed E-state index contributed by atoms with van der Waals surface area (Å²) >= 11 is 0. The minimum atomic E-state index is -4.59. The van der Waals surface area contributed by atoms with Gasteiger partial charge in [0, 0.05) is 19.2 Å². The molecule has 1 aliphatic rings. The molecule has 1 aromatic heterocycles. The third kappa shape index (κ3) is 4.41. The predicted molar refractivity (Wildman–Crippen MR) is 105 cm³/mol.